The van der Waals surface area contributed by atoms with Crippen LogP contribution in [-0.2, 0) is 4.79 Å². The van der Waals surface area contributed by atoms with E-state index in [1.165, 1.54) is 0 Å². The zero-order valence-corrected chi connectivity index (χ0v) is 15.8. The molecule has 3 N–H and O–H groups in total. The van der Waals surface area contributed by atoms with Crippen molar-refractivity contribution in [1.82, 2.24) is 4.90 Å². The SMILES string of the molecule is Cl.NCCOc1ccc(NC(=O)C2CCCN2C(=O)c2ccccc2)cc1. The van der Waals surface area contributed by atoms with Crippen molar-refractivity contribution < 1.29 is 14.3 Å². The van der Waals surface area contributed by atoms with Gasteiger partial charge in [0, 0.05) is 24.3 Å². The van der Waals surface area contributed by atoms with E-state index in [0.717, 1.165) is 6.42 Å². The lowest BCUT2D eigenvalue weighted by atomic mass is 10.1. The van der Waals surface area contributed by atoms with Gasteiger partial charge in [-0.15, -0.1) is 12.4 Å². The highest BCUT2D eigenvalue weighted by atomic mass is 35.5. The molecule has 1 aliphatic heterocycles. The van der Waals surface area contributed by atoms with Crippen molar-refractivity contribution in [2.75, 3.05) is 25.0 Å². The van der Waals surface area contributed by atoms with E-state index in [0.29, 0.717) is 43.1 Å². The molecule has 144 valence electrons. The Balaban J connectivity index is 0.00000261. The van der Waals surface area contributed by atoms with Gasteiger partial charge in [0.1, 0.15) is 18.4 Å². The number of nitrogens with two attached hydrogens (primary N) is 1. The minimum absolute atomic E-state index is 0. The minimum atomic E-state index is -0.448. The van der Waals surface area contributed by atoms with Crippen LogP contribution in [0, 0.1) is 0 Å². The zero-order valence-electron chi connectivity index (χ0n) is 15.0. The van der Waals surface area contributed by atoms with Crippen LogP contribution < -0.4 is 15.8 Å². The molecule has 7 heteroatoms. The summed E-state index contributed by atoms with van der Waals surface area (Å²) in [6.45, 7) is 1.49. The molecule has 2 aromatic carbocycles. The van der Waals surface area contributed by atoms with E-state index >= 15 is 0 Å². The number of nitrogens with zero attached hydrogens (tertiary/aromatic N) is 1. The summed E-state index contributed by atoms with van der Waals surface area (Å²) in [5, 5.41) is 2.89. The fourth-order valence-electron chi connectivity index (χ4n) is 3.07. The molecule has 2 aromatic rings. The summed E-state index contributed by atoms with van der Waals surface area (Å²) >= 11 is 0. The predicted molar refractivity (Wildman–Crippen MR) is 107 cm³/mol. The molecule has 1 unspecified atom stereocenters. The maximum atomic E-state index is 12.7. The van der Waals surface area contributed by atoms with Gasteiger partial charge in [0.2, 0.25) is 5.91 Å². The number of anilines is 1. The van der Waals surface area contributed by atoms with Gasteiger partial charge in [0.15, 0.2) is 0 Å². The van der Waals surface area contributed by atoms with Crippen LogP contribution in [0.3, 0.4) is 0 Å². The van der Waals surface area contributed by atoms with Crippen LogP contribution in [0.1, 0.15) is 23.2 Å². The van der Waals surface area contributed by atoms with Crippen molar-refractivity contribution in [3.05, 3.63) is 60.2 Å². The van der Waals surface area contributed by atoms with Crippen LogP contribution in [0.25, 0.3) is 0 Å². The number of hydrogen-bond donors (Lipinski definition) is 2. The Morgan fingerprint density at radius 3 is 2.48 bits per heavy atom. The molecule has 1 saturated heterocycles. The molecule has 1 aliphatic rings. The average molecular weight is 390 g/mol. The Morgan fingerprint density at radius 2 is 1.81 bits per heavy atom. The van der Waals surface area contributed by atoms with Gasteiger partial charge in [0.25, 0.3) is 5.91 Å². The topological polar surface area (TPSA) is 84.7 Å². The zero-order chi connectivity index (χ0) is 18.4. The number of carbonyl (C=O) groups excluding carboxylic acids is 2. The van der Waals surface area contributed by atoms with Gasteiger partial charge in [-0.05, 0) is 49.2 Å². The van der Waals surface area contributed by atoms with E-state index in [2.05, 4.69) is 5.32 Å². The lowest BCUT2D eigenvalue weighted by molar-refractivity contribution is -0.119. The molecule has 27 heavy (non-hydrogen) atoms. The van der Waals surface area contributed by atoms with E-state index in [1.807, 2.05) is 18.2 Å². The summed E-state index contributed by atoms with van der Waals surface area (Å²) in [4.78, 5) is 27.0. The maximum absolute atomic E-state index is 12.7. The van der Waals surface area contributed by atoms with Crippen LogP contribution in [0.2, 0.25) is 0 Å². The third kappa shape index (κ3) is 5.21. The van der Waals surface area contributed by atoms with Crippen LogP contribution in [-0.4, -0.2) is 42.5 Å². The maximum Gasteiger partial charge on any atom is 0.254 e. The molecule has 1 heterocycles. The first-order valence-corrected chi connectivity index (χ1v) is 8.79. The number of likely N-dealkylation sites (tertiary alicyclic amines) is 1. The van der Waals surface area contributed by atoms with Crippen LogP contribution in [0.5, 0.6) is 5.75 Å². The molecule has 0 spiro atoms. The molecule has 0 saturated carbocycles. The van der Waals surface area contributed by atoms with Gasteiger partial charge < -0.3 is 20.7 Å². The number of nitrogens with one attached hydrogen (secondary N) is 1. The smallest absolute Gasteiger partial charge is 0.254 e. The second-order valence-corrected chi connectivity index (χ2v) is 6.17. The van der Waals surface area contributed by atoms with Gasteiger partial charge in [-0.2, -0.15) is 0 Å². The highest BCUT2D eigenvalue weighted by Crippen LogP contribution is 2.22. The van der Waals surface area contributed by atoms with Gasteiger partial charge >= 0.3 is 0 Å². The monoisotopic (exact) mass is 389 g/mol. The Labute approximate surface area is 165 Å². The quantitative estimate of drug-likeness (QED) is 0.795. The largest absolute Gasteiger partial charge is 0.492 e. The van der Waals surface area contributed by atoms with Gasteiger partial charge in [-0.1, -0.05) is 18.2 Å². The Hall–Kier alpha value is -2.57. The number of hydrogen-bond acceptors (Lipinski definition) is 4. The van der Waals surface area contributed by atoms with Crippen molar-refractivity contribution in [3.8, 4) is 5.75 Å². The number of ether oxygens (including phenoxy) is 1. The fourth-order valence-corrected chi connectivity index (χ4v) is 3.07. The van der Waals surface area contributed by atoms with Crippen molar-refractivity contribution in [3.63, 3.8) is 0 Å². The first-order valence-electron chi connectivity index (χ1n) is 8.79. The summed E-state index contributed by atoms with van der Waals surface area (Å²) in [7, 11) is 0. The molecule has 3 rings (SSSR count). The molecular formula is C20H24ClN3O3. The summed E-state index contributed by atoms with van der Waals surface area (Å²) in [5.41, 5.74) is 6.69. The van der Waals surface area contributed by atoms with Gasteiger partial charge in [0.05, 0.1) is 0 Å². The first kappa shape index (κ1) is 20.7. The Kier molecular flexibility index (Phi) is 7.64. The molecule has 0 aliphatic carbocycles. The van der Waals surface area contributed by atoms with Crippen molar-refractivity contribution in [2.45, 2.75) is 18.9 Å². The highest BCUT2D eigenvalue weighted by molar-refractivity contribution is 6.01. The number of halogens is 1. The lowest BCUT2D eigenvalue weighted by Gasteiger charge is -2.24. The molecular weight excluding hydrogens is 366 g/mol. The summed E-state index contributed by atoms with van der Waals surface area (Å²) in [6.07, 6.45) is 1.49. The first-order chi connectivity index (χ1) is 12.7. The number of amides is 2. The summed E-state index contributed by atoms with van der Waals surface area (Å²) in [5.74, 6) is 0.436. The van der Waals surface area contributed by atoms with Gasteiger partial charge in [-0.25, -0.2) is 0 Å². The van der Waals surface area contributed by atoms with E-state index < -0.39 is 6.04 Å². The van der Waals surface area contributed by atoms with Crippen molar-refractivity contribution >= 4 is 29.9 Å². The molecule has 2 amide bonds. The molecule has 6 nitrogen and oxygen atoms in total. The average Bonchev–Trinajstić information content (AvgIpc) is 3.17. The third-order valence-electron chi connectivity index (χ3n) is 4.35. The molecule has 0 aromatic heterocycles. The van der Waals surface area contributed by atoms with Crippen molar-refractivity contribution in [2.24, 2.45) is 5.73 Å². The van der Waals surface area contributed by atoms with Crippen LogP contribution >= 0.6 is 12.4 Å². The minimum Gasteiger partial charge on any atom is -0.492 e. The molecule has 0 bridgehead atoms. The van der Waals surface area contributed by atoms with E-state index in [1.54, 1.807) is 41.3 Å². The Morgan fingerprint density at radius 1 is 1.11 bits per heavy atom. The lowest BCUT2D eigenvalue weighted by Crippen LogP contribution is -2.43. The van der Waals surface area contributed by atoms with E-state index in [9.17, 15) is 9.59 Å². The molecule has 1 fully saturated rings. The normalized spacial score (nSPS) is 15.7. The molecule has 1 atom stereocenters. The molecule has 0 radical (unpaired) electrons. The highest BCUT2D eigenvalue weighted by Gasteiger charge is 2.34. The standard InChI is InChI=1S/C20H23N3O3.ClH/c21-12-14-26-17-10-8-16(9-11-17)22-19(24)18-7-4-13-23(18)20(25)15-5-2-1-3-6-15;/h1-3,5-6,8-11,18H,4,7,12-14,21H2,(H,22,24);1H. The van der Waals surface area contributed by atoms with Gasteiger partial charge in [-0.3, -0.25) is 9.59 Å². The summed E-state index contributed by atoms with van der Waals surface area (Å²) in [6, 6.07) is 15.7. The number of rotatable bonds is 6. The van der Waals surface area contributed by atoms with Crippen LogP contribution in [0.15, 0.2) is 54.6 Å². The fraction of sp³-hybridized carbons (Fsp3) is 0.300. The van der Waals surface area contributed by atoms with Crippen LogP contribution in [0.4, 0.5) is 5.69 Å². The predicted octanol–water partition coefficient (Wildman–Crippen LogP) is 2.69. The second-order valence-electron chi connectivity index (χ2n) is 6.17. The summed E-state index contributed by atoms with van der Waals surface area (Å²) < 4.78 is 5.42. The van der Waals surface area contributed by atoms with E-state index in [4.69, 9.17) is 10.5 Å². The number of benzene rings is 2. The Bertz CT molecular complexity index is 753. The van der Waals surface area contributed by atoms with Crippen molar-refractivity contribution in [1.29, 1.82) is 0 Å². The number of carbonyl (C=O) groups is 2. The third-order valence-corrected chi connectivity index (χ3v) is 4.35. The second kappa shape index (κ2) is 9.94. The van der Waals surface area contributed by atoms with E-state index in [-0.39, 0.29) is 24.2 Å².